The van der Waals surface area contributed by atoms with Crippen molar-refractivity contribution < 1.29 is 18.7 Å². The van der Waals surface area contributed by atoms with E-state index in [4.69, 9.17) is 13.9 Å². The van der Waals surface area contributed by atoms with Crippen LogP contribution < -0.4 is 0 Å². The summed E-state index contributed by atoms with van der Waals surface area (Å²) in [6.45, 7) is 7.90. The summed E-state index contributed by atoms with van der Waals surface area (Å²) in [6, 6.07) is 0. The predicted octanol–water partition coefficient (Wildman–Crippen LogP) is 1.96. The number of likely N-dealkylation sites (tertiary alicyclic amines) is 1. The van der Waals surface area contributed by atoms with Crippen molar-refractivity contribution in [1.29, 1.82) is 0 Å². The molecule has 1 atom stereocenters. The molecule has 2 aliphatic heterocycles. The van der Waals surface area contributed by atoms with Gasteiger partial charge >= 0.3 is 0 Å². The minimum Gasteiger partial charge on any atom is -0.448 e. The molecule has 1 aromatic rings. The molecule has 0 spiro atoms. The second kappa shape index (κ2) is 9.48. The lowest BCUT2D eigenvalue weighted by molar-refractivity contribution is 0.0432. The third-order valence-corrected chi connectivity index (χ3v) is 5.48. The number of carbonyl (C=O) groups excluding carboxylic acids is 1. The summed E-state index contributed by atoms with van der Waals surface area (Å²) in [4.78, 5) is 21.5. The molecule has 0 N–H and O–H groups in total. The summed E-state index contributed by atoms with van der Waals surface area (Å²) in [5.74, 6) is 1.07. The van der Waals surface area contributed by atoms with Crippen molar-refractivity contribution in [2.75, 3.05) is 53.0 Å². The first-order chi connectivity index (χ1) is 12.7. The predicted molar refractivity (Wildman–Crippen MR) is 97.2 cm³/mol. The van der Waals surface area contributed by atoms with Gasteiger partial charge in [-0.05, 0) is 51.6 Å². The molecule has 0 unspecified atom stereocenters. The van der Waals surface area contributed by atoms with E-state index in [1.54, 1.807) is 14.0 Å². The smallest absolute Gasteiger partial charge is 0.276 e. The molecule has 0 aliphatic carbocycles. The van der Waals surface area contributed by atoms with Crippen molar-refractivity contribution in [2.45, 2.75) is 38.7 Å². The van der Waals surface area contributed by atoms with Crippen LogP contribution in [-0.4, -0.2) is 79.8 Å². The molecule has 1 amide bonds. The minimum atomic E-state index is -0.0337. The maximum Gasteiger partial charge on any atom is 0.276 e. The Morgan fingerprint density at radius 3 is 2.77 bits per heavy atom. The number of amides is 1. The first kappa shape index (κ1) is 19.3. The Bertz CT molecular complexity index is 563. The average Bonchev–Trinajstić information content (AvgIpc) is 3.31. The van der Waals surface area contributed by atoms with E-state index < -0.39 is 0 Å². The second-order valence-electron chi connectivity index (χ2n) is 7.38. The van der Waals surface area contributed by atoms with E-state index in [1.165, 1.54) is 6.39 Å². The minimum absolute atomic E-state index is 0.0337. The van der Waals surface area contributed by atoms with Crippen molar-refractivity contribution >= 4 is 5.91 Å². The highest BCUT2D eigenvalue weighted by Gasteiger charge is 2.29. The van der Waals surface area contributed by atoms with E-state index in [9.17, 15) is 4.79 Å². The zero-order valence-corrected chi connectivity index (χ0v) is 16.0. The SMILES string of the molecule is COCCN1CCC(CN(C[C@H]2CCCO2)C(=O)c2ncoc2C)CC1. The molecule has 2 saturated heterocycles. The van der Waals surface area contributed by atoms with E-state index in [2.05, 4.69) is 9.88 Å². The van der Waals surface area contributed by atoms with Crippen LogP contribution in [0.1, 0.15) is 41.9 Å². The molecule has 3 heterocycles. The molecular formula is C19H31N3O4. The molecule has 26 heavy (non-hydrogen) atoms. The van der Waals surface area contributed by atoms with E-state index >= 15 is 0 Å². The van der Waals surface area contributed by atoms with Gasteiger partial charge in [0.15, 0.2) is 12.1 Å². The Morgan fingerprint density at radius 2 is 2.15 bits per heavy atom. The molecular weight excluding hydrogens is 334 g/mol. The summed E-state index contributed by atoms with van der Waals surface area (Å²) >= 11 is 0. The largest absolute Gasteiger partial charge is 0.448 e. The van der Waals surface area contributed by atoms with E-state index in [-0.39, 0.29) is 12.0 Å². The van der Waals surface area contributed by atoms with Crippen LogP contribution in [0.4, 0.5) is 0 Å². The van der Waals surface area contributed by atoms with Crippen LogP contribution in [0.25, 0.3) is 0 Å². The number of piperidine rings is 1. The fourth-order valence-corrected chi connectivity index (χ4v) is 3.86. The van der Waals surface area contributed by atoms with Gasteiger partial charge in [-0.1, -0.05) is 0 Å². The van der Waals surface area contributed by atoms with Gasteiger partial charge in [0.1, 0.15) is 5.76 Å². The maximum atomic E-state index is 13.0. The van der Waals surface area contributed by atoms with Crippen LogP contribution in [0.5, 0.6) is 0 Å². The number of rotatable bonds is 8. The highest BCUT2D eigenvalue weighted by Crippen LogP contribution is 2.22. The lowest BCUT2D eigenvalue weighted by Crippen LogP contribution is -2.44. The third-order valence-electron chi connectivity index (χ3n) is 5.48. The molecule has 7 heteroatoms. The molecule has 3 rings (SSSR count). The summed E-state index contributed by atoms with van der Waals surface area (Å²) in [5.41, 5.74) is 0.431. The molecule has 2 fully saturated rings. The molecule has 0 aromatic carbocycles. The van der Waals surface area contributed by atoms with E-state index in [0.717, 1.165) is 65.1 Å². The Balaban J connectivity index is 1.59. The molecule has 146 valence electrons. The quantitative estimate of drug-likeness (QED) is 0.702. The lowest BCUT2D eigenvalue weighted by Gasteiger charge is -2.35. The highest BCUT2D eigenvalue weighted by atomic mass is 16.5. The monoisotopic (exact) mass is 365 g/mol. The van der Waals surface area contributed by atoms with Gasteiger partial charge in [0.2, 0.25) is 0 Å². The normalized spacial score (nSPS) is 22.0. The van der Waals surface area contributed by atoms with Gasteiger partial charge in [-0.25, -0.2) is 4.98 Å². The van der Waals surface area contributed by atoms with Crippen molar-refractivity contribution in [3.8, 4) is 0 Å². The zero-order chi connectivity index (χ0) is 18.4. The standard InChI is InChI=1S/C19H31N3O4/c1-15-18(20-14-26-15)19(23)22(13-17-4-3-10-25-17)12-16-5-7-21(8-6-16)9-11-24-2/h14,16-17H,3-13H2,1-2H3/t17-/m1/s1. The van der Waals surface area contributed by atoms with Gasteiger partial charge in [-0.2, -0.15) is 0 Å². The van der Waals surface area contributed by atoms with Gasteiger partial charge in [0.05, 0.1) is 12.7 Å². The summed E-state index contributed by atoms with van der Waals surface area (Å²) in [6.07, 6.45) is 5.81. The summed E-state index contributed by atoms with van der Waals surface area (Å²) in [5, 5.41) is 0. The lowest BCUT2D eigenvalue weighted by atomic mass is 9.95. The van der Waals surface area contributed by atoms with Crippen LogP contribution in [0.2, 0.25) is 0 Å². The molecule has 0 bridgehead atoms. The van der Waals surface area contributed by atoms with Crippen LogP contribution in [0.15, 0.2) is 10.8 Å². The summed E-state index contributed by atoms with van der Waals surface area (Å²) in [7, 11) is 1.74. The van der Waals surface area contributed by atoms with Gasteiger partial charge in [-0.15, -0.1) is 0 Å². The van der Waals surface area contributed by atoms with Crippen LogP contribution in [-0.2, 0) is 9.47 Å². The third kappa shape index (κ3) is 5.05. The molecule has 7 nitrogen and oxygen atoms in total. The number of ether oxygens (including phenoxy) is 2. The van der Waals surface area contributed by atoms with Crippen LogP contribution >= 0.6 is 0 Å². The Kier molecular flexibility index (Phi) is 7.05. The zero-order valence-electron chi connectivity index (χ0n) is 16.0. The van der Waals surface area contributed by atoms with Crippen molar-refractivity contribution in [2.24, 2.45) is 5.92 Å². The molecule has 1 aromatic heterocycles. The Morgan fingerprint density at radius 1 is 1.35 bits per heavy atom. The van der Waals surface area contributed by atoms with Crippen molar-refractivity contribution in [3.63, 3.8) is 0 Å². The number of nitrogens with zero attached hydrogens (tertiary/aromatic N) is 3. The number of oxazole rings is 1. The second-order valence-corrected chi connectivity index (χ2v) is 7.38. The van der Waals surface area contributed by atoms with E-state index in [1.807, 2.05) is 4.90 Å². The van der Waals surface area contributed by atoms with Gasteiger partial charge in [0, 0.05) is 33.4 Å². The van der Waals surface area contributed by atoms with Crippen molar-refractivity contribution in [3.05, 3.63) is 17.8 Å². The summed E-state index contributed by atoms with van der Waals surface area (Å²) < 4.78 is 16.2. The molecule has 0 radical (unpaired) electrons. The van der Waals surface area contributed by atoms with Gasteiger partial charge < -0.3 is 23.7 Å². The Labute approximate surface area is 155 Å². The van der Waals surface area contributed by atoms with Crippen LogP contribution in [0.3, 0.4) is 0 Å². The molecule has 0 saturated carbocycles. The maximum absolute atomic E-state index is 13.0. The fraction of sp³-hybridized carbons (Fsp3) is 0.789. The topological polar surface area (TPSA) is 68.0 Å². The van der Waals surface area contributed by atoms with Crippen LogP contribution in [0, 0.1) is 12.8 Å². The van der Waals surface area contributed by atoms with E-state index in [0.29, 0.717) is 23.9 Å². The Hall–Kier alpha value is -1.44. The fourth-order valence-electron chi connectivity index (χ4n) is 3.86. The number of methoxy groups -OCH3 is 1. The molecule has 2 aliphatic rings. The highest BCUT2D eigenvalue weighted by molar-refractivity contribution is 5.93. The van der Waals surface area contributed by atoms with Gasteiger partial charge in [0.25, 0.3) is 5.91 Å². The average molecular weight is 365 g/mol. The number of hydrogen-bond acceptors (Lipinski definition) is 6. The number of hydrogen-bond donors (Lipinski definition) is 0. The van der Waals surface area contributed by atoms with Crippen molar-refractivity contribution in [1.82, 2.24) is 14.8 Å². The number of aromatic nitrogens is 1. The number of aryl methyl sites for hydroxylation is 1. The van der Waals surface area contributed by atoms with Gasteiger partial charge in [-0.3, -0.25) is 4.79 Å². The number of carbonyl (C=O) groups is 1. The first-order valence-electron chi connectivity index (χ1n) is 9.69. The first-order valence-corrected chi connectivity index (χ1v) is 9.69.